The van der Waals surface area contributed by atoms with Crippen molar-refractivity contribution >= 4 is 23.8 Å². The minimum Gasteiger partial charge on any atom is -0.480 e. The summed E-state index contributed by atoms with van der Waals surface area (Å²) in [5.41, 5.74) is -1.06. The van der Waals surface area contributed by atoms with E-state index in [0.717, 1.165) is 19.3 Å². The van der Waals surface area contributed by atoms with E-state index in [2.05, 4.69) is 10.6 Å². The van der Waals surface area contributed by atoms with E-state index in [-0.39, 0.29) is 6.03 Å². The zero-order valence-corrected chi connectivity index (χ0v) is 11.8. The number of carboxylic acids is 1. The van der Waals surface area contributed by atoms with Crippen LogP contribution in [0.15, 0.2) is 0 Å². The van der Waals surface area contributed by atoms with Crippen LogP contribution in [0.2, 0.25) is 0 Å². The number of carbonyl (C=O) groups is 2. The van der Waals surface area contributed by atoms with E-state index < -0.39 is 11.5 Å². The maximum Gasteiger partial charge on any atom is 0.329 e. The Morgan fingerprint density at radius 2 is 1.94 bits per heavy atom. The average molecular weight is 274 g/mol. The van der Waals surface area contributed by atoms with Crippen LogP contribution in [-0.2, 0) is 4.79 Å². The van der Waals surface area contributed by atoms with Crippen molar-refractivity contribution in [2.24, 2.45) is 0 Å². The van der Waals surface area contributed by atoms with Crippen LogP contribution in [0.5, 0.6) is 0 Å². The molecule has 1 aliphatic rings. The minimum absolute atomic E-state index is 0.322. The Balaban J connectivity index is 2.50. The molecule has 3 N–H and O–H groups in total. The summed E-state index contributed by atoms with van der Waals surface area (Å²) in [6.07, 6.45) is 5.77. The fourth-order valence-electron chi connectivity index (χ4n) is 2.13. The Labute approximate surface area is 112 Å². The highest BCUT2D eigenvalue weighted by Gasteiger charge is 2.40. The molecule has 0 bridgehead atoms. The number of carbonyl (C=O) groups excluding carboxylic acids is 1. The van der Waals surface area contributed by atoms with Crippen molar-refractivity contribution in [1.29, 1.82) is 0 Å². The molecule has 1 saturated carbocycles. The number of carboxylic acid groups (broad SMARTS) is 1. The molecule has 1 unspecified atom stereocenters. The molecular formula is C12H22N2O3S. The van der Waals surface area contributed by atoms with E-state index in [4.69, 9.17) is 0 Å². The molecule has 1 atom stereocenters. The fourth-order valence-corrected chi connectivity index (χ4v) is 2.38. The van der Waals surface area contributed by atoms with Gasteiger partial charge in [0.2, 0.25) is 0 Å². The van der Waals surface area contributed by atoms with Crippen molar-refractivity contribution < 1.29 is 14.7 Å². The van der Waals surface area contributed by atoms with Crippen molar-refractivity contribution in [3.05, 3.63) is 0 Å². The highest BCUT2D eigenvalue weighted by molar-refractivity contribution is 7.99. The van der Waals surface area contributed by atoms with Crippen LogP contribution in [-0.4, -0.2) is 40.7 Å². The van der Waals surface area contributed by atoms with E-state index in [1.165, 1.54) is 0 Å². The largest absolute Gasteiger partial charge is 0.480 e. The summed E-state index contributed by atoms with van der Waals surface area (Å²) in [5.74, 6) is -0.921. The molecule has 18 heavy (non-hydrogen) atoms. The number of thioether (sulfide) groups is 1. The van der Waals surface area contributed by atoms with Crippen LogP contribution < -0.4 is 10.6 Å². The third-order valence-corrected chi connectivity index (χ3v) is 4.39. The SMILES string of the molecule is CSC(C)CNC(=O)NC1(C(=O)O)CCCCC1. The Hall–Kier alpha value is -0.910. The molecule has 1 aliphatic carbocycles. The van der Waals surface area contributed by atoms with Crippen LogP contribution in [0.1, 0.15) is 39.0 Å². The van der Waals surface area contributed by atoms with E-state index in [0.29, 0.717) is 24.6 Å². The third kappa shape index (κ3) is 4.08. The van der Waals surface area contributed by atoms with Gasteiger partial charge in [0.25, 0.3) is 0 Å². The normalized spacial score (nSPS) is 19.9. The van der Waals surface area contributed by atoms with Gasteiger partial charge in [0.1, 0.15) is 5.54 Å². The van der Waals surface area contributed by atoms with Gasteiger partial charge in [-0.05, 0) is 19.1 Å². The molecule has 0 saturated heterocycles. The summed E-state index contributed by atoms with van der Waals surface area (Å²) >= 11 is 1.66. The molecule has 0 aromatic heterocycles. The maximum absolute atomic E-state index is 11.7. The molecule has 0 aliphatic heterocycles. The lowest BCUT2D eigenvalue weighted by Crippen LogP contribution is -2.58. The van der Waals surface area contributed by atoms with Gasteiger partial charge in [0, 0.05) is 11.8 Å². The molecule has 0 heterocycles. The number of amides is 2. The van der Waals surface area contributed by atoms with E-state index in [1.54, 1.807) is 11.8 Å². The number of aliphatic carboxylic acids is 1. The van der Waals surface area contributed by atoms with Crippen LogP contribution >= 0.6 is 11.8 Å². The van der Waals surface area contributed by atoms with Gasteiger partial charge in [-0.1, -0.05) is 26.2 Å². The molecule has 6 heteroatoms. The van der Waals surface area contributed by atoms with Gasteiger partial charge in [-0.3, -0.25) is 0 Å². The summed E-state index contributed by atoms with van der Waals surface area (Å²) in [4.78, 5) is 23.1. The molecule has 0 spiro atoms. The van der Waals surface area contributed by atoms with Crippen molar-refractivity contribution in [2.45, 2.75) is 49.8 Å². The highest BCUT2D eigenvalue weighted by Crippen LogP contribution is 2.28. The van der Waals surface area contributed by atoms with Crippen LogP contribution in [0.4, 0.5) is 4.79 Å². The van der Waals surface area contributed by atoms with Gasteiger partial charge in [-0.15, -0.1) is 0 Å². The maximum atomic E-state index is 11.7. The van der Waals surface area contributed by atoms with Crippen LogP contribution in [0.25, 0.3) is 0 Å². The minimum atomic E-state index is -1.06. The fraction of sp³-hybridized carbons (Fsp3) is 0.833. The summed E-state index contributed by atoms with van der Waals surface area (Å²) in [5, 5.41) is 15.0. The number of rotatable bonds is 5. The predicted molar refractivity (Wildman–Crippen MR) is 73.0 cm³/mol. The number of hydrogen-bond acceptors (Lipinski definition) is 3. The first-order valence-electron chi connectivity index (χ1n) is 6.32. The van der Waals surface area contributed by atoms with Crippen molar-refractivity contribution in [3.8, 4) is 0 Å². The summed E-state index contributed by atoms with van der Waals surface area (Å²) in [6.45, 7) is 2.56. The summed E-state index contributed by atoms with van der Waals surface area (Å²) in [6, 6.07) is -0.375. The van der Waals surface area contributed by atoms with Gasteiger partial charge in [0.15, 0.2) is 0 Å². The molecule has 0 aromatic carbocycles. The second-order valence-corrected chi connectivity index (χ2v) is 6.11. The summed E-state index contributed by atoms with van der Waals surface area (Å²) < 4.78 is 0. The smallest absolute Gasteiger partial charge is 0.329 e. The number of hydrogen-bond donors (Lipinski definition) is 3. The van der Waals surface area contributed by atoms with Gasteiger partial charge < -0.3 is 15.7 Å². The summed E-state index contributed by atoms with van der Waals surface area (Å²) in [7, 11) is 0. The topological polar surface area (TPSA) is 78.4 Å². The Kier molecular flexibility index (Phi) is 5.78. The Morgan fingerprint density at radius 1 is 1.33 bits per heavy atom. The van der Waals surface area contributed by atoms with Gasteiger partial charge >= 0.3 is 12.0 Å². The Morgan fingerprint density at radius 3 is 2.44 bits per heavy atom. The second-order valence-electron chi connectivity index (χ2n) is 4.83. The van der Waals surface area contributed by atoms with E-state index >= 15 is 0 Å². The number of nitrogens with one attached hydrogen (secondary N) is 2. The molecule has 0 aromatic rings. The molecule has 1 rings (SSSR count). The van der Waals surface area contributed by atoms with Gasteiger partial charge in [-0.25, -0.2) is 9.59 Å². The lowest BCUT2D eigenvalue weighted by molar-refractivity contribution is -0.145. The molecule has 2 amide bonds. The lowest BCUT2D eigenvalue weighted by Gasteiger charge is -2.34. The standard InChI is InChI=1S/C12H22N2O3S/c1-9(18-2)8-13-11(17)14-12(10(15)16)6-4-3-5-7-12/h9H,3-8H2,1-2H3,(H,15,16)(H2,13,14,17). The first-order valence-corrected chi connectivity index (χ1v) is 7.61. The average Bonchev–Trinajstić information content (AvgIpc) is 2.36. The molecule has 104 valence electrons. The molecule has 0 radical (unpaired) electrons. The highest BCUT2D eigenvalue weighted by atomic mass is 32.2. The monoisotopic (exact) mass is 274 g/mol. The van der Waals surface area contributed by atoms with Crippen molar-refractivity contribution in [2.75, 3.05) is 12.8 Å². The van der Waals surface area contributed by atoms with Gasteiger partial charge in [-0.2, -0.15) is 11.8 Å². The molecule has 5 nitrogen and oxygen atoms in total. The third-order valence-electron chi connectivity index (χ3n) is 3.42. The van der Waals surface area contributed by atoms with Crippen LogP contribution in [0, 0.1) is 0 Å². The van der Waals surface area contributed by atoms with Gasteiger partial charge in [0.05, 0.1) is 0 Å². The van der Waals surface area contributed by atoms with Crippen molar-refractivity contribution in [3.63, 3.8) is 0 Å². The molecular weight excluding hydrogens is 252 g/mol. The van der Waals surface area contributed by atoms with Crippen LogP contribution in [0.3, 0.4) is 0 Å². The quantitative estimate of drug-likeness (QED) is 0.714. The van der Waals surface area contributed by atoms with E-state index in [1.807, 2.05) is 13.2 Å². The molecule has 1 fully saturated rings. The zero-order valence-electron chi connectivity index (χ0n) is 11.0. The number of urea groups is 1. The second kappa shape index (κ2) is 6.87. The predicted octanol–water partition coefficient (Wildman–Crippen LogP) is 1.82. The first-order chi connectivity index (χ1) is 8.50. The first kappa shape index (κ1) is 15.1. The zero-order chi connectivity index (χ0) is 13.6. The Bertz CT molecular complexity index is 304. The van der Waals surface area contributed by atoms with E-state index in [9.17, 15) is 14.7 Å². The lowest BCUT2D eigenvalue weighted by atomic mass is 9.82. The van der Waals surface area contributed by atoms with Crippen molar-refractivity contribution in [1.82, 2.24) is 10.6 Å².